The Hall–Kier alpha value is -1.61. The van der Waals surface area contributed by atoms with E-state index in [0.29, 0.717) is 19.3 Å². The predicted octanol–water partition coefficient (Wildman–Crippen LogP) is 1.88. The summed E-state index contributed by atoms with van der Waals surface area (Å²) in [4.78, 5) is -0.0455. The average Bonchev–Trinajstić information content (AvgIpc) is 2.24. The molecule has 0 aromatic heterocycles. The molecule has 0 unspecified atom stereocenters. The number of rotatable bonds is 5. The van der Waals surface area contributed by atoms with Crippen LogP contribution in [-0.4, -0.2) is 14.2 Å². The van der Waals surface area contributed by atoms with Gasteiger partial charge in [-0.2, -0.15) is 5.26 Å². The summed E-state index contributed by atoms with van der Waals surface area (Å²) in [5.41, 5.74) is 5.39. The van der Waals surface area contributed by atoms with Crippen molar-refractivity contribution in [3.05, 3.63) is 24.0 Å². The molecular formula is C11H13FN2O2S. The Morgan fingerprint density at radius 2 is 2.06 bits per heavy atom. The number of nitrogens with two attached hydrogens (primary N) is 1. The van der Waals surface area contributed by atoms with E-state index < -0.39 is 15.7 Å². The Morgan fingerprint density at radius 3 is 2.65 bits per heavy atom. The minimum Gasteiger partial charge on any atom is -0.398 e. The molecule has 92 valence electrons. The van der Waals surface area contributed by atoms with Crippen LogP contribution in [-0.2, 0) is 9.84 Å². The van der Waals surface area contributed by atoms with Crippen LogP contribution in [0, 0.1) is 17.1 Å². The van der Waals surface area contributed by atoms with Gasteiger partial charge in [0, 0.05) is 6.42 Å². The summed E-state index contributed by atoms with van der Waals surface area (Å²) in [5, 5.41) is 8.33. The first-order valence-corrected chi connectivity index (χ1v) is 6.77. The smallest absolute Gasteiger partial charge is 0.180 e. The van der Waals surface area contributed by atoms with E-state index in [-0.39, 0.29) is 16.3 Å². The van der Waals surface area contributed by atoms with Gasteiger partial charge in [-0.1, -0.05) is 0 Å². The molecule has 4 nitrogen and oxygen atoms in total. The molecule has 0 saturated carbocycles. The van der Waals surface area contributed by atoms with Crippen molar-refractivity contribution >= 4 is 15.5 Å². The molecule has 0 aliphatic carbocycles. The summed E-state index contributed by atoms with van der Waals surface area (Å²) in [6.45, 7) is 0. The van der Waals surface area contributed by atoms with Gasteiger partial charge >= 0.3 is 0 Å². The first kappa shape index (κ1) is 13.5. The van der Waals surface area contributed by atoms with Gasteiger partial charge < -0.3 is 5.73 Å². The van der Waals surface area contributed by atoms with Crippen LogP contribution in [0.2, 0.25) is 0 Å². The lowest BCUT2D eigenvalue weighted by Gasteiger charge is -2.06. The predicted molar refractivity (Wildman–Crippen MR) is 62.3 cm³/mol. The standard InChI is InChI=1S/C11H13FN2O2S/c12-9-4-5-11(10(14)8-9)17(15,16)7-3-1-2-6-13/h4-5,8H,1-3,7,14H2. The van der Waals surface area contributed by atoms with Crippen LogP contribution in [0.5, 0.6) is 0 Å². The van der Waals surface area contributed by atoms with Crippen molar-refractivity contribution in [2.75, 3.05) is 11.5 Å². The highest BCUT2D eigenvalue weighted by Crippen LogP contribution is 2.21. The van der Waals surface area contributed by atoms with Gasteiger partial charge in [0.2, 0.25) is 0 Å². The SMILES string of the molecule is N#CCCCCS(=O)(=O)c1ccc(F)cc1N. The molecule has 0 bridgehead atoms. The summed E-state index contributed by atoms with van der Waals surface area (Å²) < 4.78 is 36.5. The van der Waals surface area contributed by atoms with Gasteiger partial charge in [-0.25, -0.2) is 12.8 Å². The number of anilines is 1. The molecule has 0 fully saturated rings. The van der Waals surface area contributed by atoms with E-state index in [4.69, 9.17) is 11.0 Å². The second kappa shape index (κ2) is 5.64. The molecular weight excluding hydrogens is 243 g/mol. The molecule has 0 atom stereocenters. The lowest BCUT2D eigenvalue weighted by molar-refractivity contribution is 0.591. The van der Waals surface area contributed by atoms with Crippen molar-refractivity contribution in [2.45, 2.75) is 24.2 Å². The van der Waals surface area contributed by atoms with Gasteiger partial charge in [0.1, 0.15) is 5.82 Å². The van der Waals surface area contributed by atoms with Crippen molar-refractivity contribution < 1.29 is 12.8 Å². The zero-order valence-electron chi connectivity index (χ0n) is 9.19. The fourth-order valence-corrected chi connectivity index (χ4v) is 2.91. The second-order valence-electron chi connectivity index (χ2n) is 3.62. The van der Waals surface area contributed by atoms with Crippen LogP contribution >= 0.6 is 0 Å². The fourth-order valence-electron chi connectivity index (χ4n) is 1.41. The van der Waals surface area contributed by atoms with E-state index in [1.165, 1.54) is 6.07 Å². The highest BCUT2D eigenvalue weighted by Gasteiger charge is 2.17. The molecule has 17 heavy (non-hydrogen) atoms. The lowest BCUT2D eigenvalue weighted by atomic mass is 10.3. The van der Waals surface area contributed by atoms with E-state index in [9.17, 15) is 12.8 Å². The summed E-state index contributed by atoms with van der Waals surface area (Å²) in [6, 6.07) is 5.17. The van der Waals surface area contributed by atoms with E-state index in [0.717, 1.165) is 12.1 Å². The molecule has 1 aromatic carbocycles. The third kappa shape index (κ3) is 3.71. The molecule has 1 rings (SSSR count). The van der Waals surface area contributed by atoms with Crippen molar-refractivity contribution in [1.29, 1.82) is 5.26 Å². The summed E-state index contributed by atoms with van der Waals surface area (Å²) in [5.74, 6) is -0.643. The number of nitrogen functional groups attached to an aromatic ring is 1. The van der Waals surface area contributed by atoms with Crippen molar-refractivity contribution in [1.82, 2.24) is 0 Å². The zero-order chi connectivity index (χ0) is 12.9. The van der Waals surface area contributed by atoms with Gasteiger partial charge in [0.15, 0.2) is 9.84 Å². The van der Waals surface area contributed by atoms with Gasteiger partial charge in [0.25, 0.3) is 0 Å². The highest BCUT2D eigenvalue weighted by molar-refractivity contribution is 7.91. The summed E-state index contributed by atoms with van der Waals surface area (Å²) in [6.07, 6.45) is 1.25. The molecule has 0 aliphatic rings. The number of hydrogen-bond donors (Lipinski definition) is 1. The fraction of sp³-hybridized carbons (Fsp3) is 0.364. The zero-order valence-corrected chi connectivity index (χ0v) is 10.0. The third-order valence-corrected chi connectivity index (χ3v) is 4.13. The van der Waals surface area contributed by atoms with E-state index in [2.05, 4.69) is 0 Å². The average molecular weight is 256 g/mol. The van der Waals surface area contributed by atoms with Gasteiger partial charge in [-0.05, 0) is 31.0 Å². The van der Waals surface area contributed by atoms with Crippen molar-refractivity contribution in [3.8, 4) is 6.07 Å². The van der Waals surface area contributed by atoms with E-state index in [1.807, 2.05) is 6.07 Å². The third-order valence-electron chi connectivity index (χ3n) is 2.26. The molecule has 1 aromatic rings. The Morgan fingerprint density at radius 1 is 1.35 bits per heavy atom. The minimum absolute atomic E-state index is 0.0455. The lowest BCUT2D eigenvalue weighted by Crippen LogP contribution is -2.09. The number of halogens is 1. The summed E-state index contributed by atoms with van der Waals surface area (Å²) >= 11 is 0. The molecule has 0 radical (unpaired) electrons. The number of nitrogens with zero attached hydrogens (tertiary/aromatic N) is 1. The molecule has 0 aliphatic heterocycles. The topological polar surface area (TPSA) is 84.0 Å². The minimum atomic E-state index is -3.49. The van der Waals surface area contributed by atoms with Crippen molar-refractivity contribution in [2.24, 2.45) is 0 Å². The van der Waals surface area contributed by atoms with E-state index in [1.54, 1.807) is 0 Å². The van der Waals surface area contributed by atoms with Gasteiger partial charge in [-0.15, -0.1) is 0 Å². The number of benzene rings is 1. The van der Waals surface area contributed by atoms with Crippen LogP contribution < -0.4 is 5.73 Å². The monoisotopic (exact) mass is 256 g/mol. The number of unbranched alkanes of at least 4 members (excludes halogenated alkanes) is 2. The molecule has 0 saturated heterocycles. The van der Waals surface area contributed by atoms with Crippen LogP contribution in [0.25, 0.3) is 0 Å². The maximum absolute atomic E-state index is 12.8. The Bertz CT molecular complexity index is 535. The molecule has 0 heterocycles. The maximum Gasteiger partial charge on any atom is 0.180 e. The Labute approximate surface area is 99.8 Å². The second-order valence-corrected chi connectivity index (χ2v) is 5.69. The first-order valence-electron chi connectivity index (χ1n) is 5.12. The highest BCUT2D eigenvalue weighted by atomic mass is 32.2. The van der Waals surface area contributed by atoms with Crippen molar-refractivity contribution in [3.63, 3.8) is 0 Å². The summed E-state index contributed by atoms with van der Waals surface area (Å²) in [7, 11) is -3.49. The van der Waals surface area contributed by atoms with Crippen LogP contribution in [0.15, 0.2) is 23.1 Å². The number of nitriles is 1. The quantitative estimate of drug-likeness (QED) is 0.495. The molecule has 0 spiro atoms. The Kier molecular flexibility index (Phi) is 4.46. The van der Waals surface area contributed by atoms with Gasteiger partial charge in [0.05, 0.1) is 22.4 Å². The van der Waals surface area contributed by atoms with Gasteiger partial charge in [-0.3, -0.25) is 0 Å². The Balaban J connectivity index is 2.80. The number of hydrogen-bond acceptors (Lipinski definition) is 4. The largest absolute Gasteiger partial charge is 0.398 e. The molecule has 0 amide bonds. The van der Waals surface area contributed by atoms with Crippen LogP contribution in [0.4, 0.5) is 10.1 Å². The normalized spacial score (nSPS) is 11.1. The number of sulfone groups is 1. The first-order chi connectivity index (χ1) is 7.97. The maximum atomic E-state index is 12.8. The van der Waals surface area contributed by atoms with Crippen LogP contribution in [0.1, 0.15) is 19.3 Å². The molecule has 2 N–H and O–H groups in total. The van der Waals surface area contributed by atoms with Crippen LogP contribution in [0.3, 0.4) is 0 Å². The van der Waals surface area contributed by atoms with E-state index >= 15 is 0 Å². The molecule has 6 heteroatoms.